The van der Waals surface area contributed by atoms with Crippen LogP contribution in [0.25, 0.3) is 0 Å². The van der Waals surface area contributed by atoms with Gasteiger partial charge in [-0.05, 0) is 35.7 Å². The van der Waals surface area contributed by atoms with Crippen molar-refractivity contribution < 1.29 is 14.0 Å². The Kier molecular flexibility index (Phi) is 5.57. The summed E-state index contributed by atoms with van der Waals surface area (Å²) in [5.41, 5.74) is 1.94. The smallest absolute Gasteiger partial charge is 0.244 e. The van der Waals surface area contributed by atoms with Gasteiger partial charge in [0.1, 0.15) is 12.3 Å². The van der Waals surface area contributed by atoms with Gasteiger partial charge in [-0.25, -0.2) is 0 Å². The van der Waals surface area contributed by atoms with Crippen LogP contribution >= 0.6 is 0 Å². The molecule has 0 bridgehead atoms. The van der Waals surface area contributed by atoms with Crippen LogP contribution in [0.2, 0.25) is 0 Å². The minimum Gasteiger partial charge on any atom is -0.467 e. The van der Waals surface area contributed by atoms with Crippen molar-refractivity contribution in [3.05, 3.63) is 54.0 Å². The van der Waals surface area contributed by atoms with Crippen molar-refractivity contribution in [2.75, 3.05) is 11.9 Å². The summed E-state index contributed by atoms with van der Waals surface area (Å²) >= 11 is 0. The first-order valence-electron chi connectivity index (χ1n) is 7.63. The van der Waals surface area contributed by atoms with Crippen molar-refractivity contribution in [3.63, 3.8) is 0 Å². The lowest BCUT2D eigenvalue weighted by molar-refractivity contribution is -0.133. The molecule has 0 saturated carbocycles. The van der Waals surface area contributed by atoms with Gasteiger partial charge in [0.2, 0.25) is 11.8 Å². The number of anilines is 1. The number of nitrogens with zero attached hydrogens (tertiary/aromatic N) is 1. The zero-order valence-corrected chi connectivity index (χ0v) is 13.7. The Balaban J connectivity index is 1.94. The second kappa shape index (κ2) is 7.63. The molecule has 0 unspecified atom stereocenters. The summed E-state index contributed by atoms with van der Waals surface area (Å²) in [6.45, 7) is 5.94. The Morgan fingerprint density at radius 2 is 1.87 bits per heavy atom. The molecule has 0 saturated heterocycles. The van der Waals surface area contributed by atoms with E-state index in [0.29, 0.717) is 11.7 Å². The normalized spacial score (nSPS) is 10.6. The number of rotatable bonds is 6. The fourth-order valence-electron chi connectivity index (χ4n) is 2.19. The number of benzene rings is 1. The molecule has 5 heteroatoms. The lowest BCUT2D eigenvalue weighted by atomic mass is 10.0. The first-order valence-corrected chi connectivity index (χ1v) is 7.63. The molecule has 0 spiro atoms. The third-order valence-electron chi connectivity index (χ3n) is 3.57. The molecule has 2 amide bonds. The SMILES string of the molecule is CC(=O)N(CC(=O)Nc1ccc(C(C)C)cc1)Cc1ccco1. The van der Waals surface area contributed by atoms with E-state index in [9.17, 15) is 9.59 Å². The molecule has 0 aliphatic heterocycles. The van der Waals surface area contributed by atoms with Crippen molar-refractivity contribution >= 4 is 17.5 Å². The highest BCUT2D eigenvalue weighted by atomic mass is 16.3. The number of nitrogens with one attached hydrogen (secondary N) is 1. The predicted octanol–water partition coefficient (Wildman–Crippen LogP) is 3.39. The quantitative estimate of drug-likeness (QED) is 0.889. The van der Waals surface area contributed by atoms with Gasteiger partial charge in [0.05, 0.1) is 12.8 Å². The summed E-state index contributed by atoms with van der Waals surface area (Å²) in [4.78, 5) is 25.3. The van der Waals surface area contributed by atoms with Crippen LogP contribution in [0.4, 0.5) is 5.69 Å². The minimum absolute atomic E-state index is 0.0119. The molecular weight excluding hydrogens is 292 g/mol. The van der Waals surface area contributed by atoms with Gasteiger partial charge in [0.25, 0.3) is 0 Å². The van der Waals surface area contributed by atoms with E-state index in [1.807, 2.05) is 24.3 Å². The average molecular weight is 314 g/mol. The summed E-state index contributed by atoms with van der Waals surface area (Å²) in [5.74, 6) is 0.686. The fourth-order valence-corrected chi connectivity index (χ4v) is 2.19. The van der Waals surface area contributed by atoms with Crippen LogP contribution in [-0.4, -0.2) is 23.3 Å². The molecule has 5 nitrogen and oxygen atoms in total. The Morgan fingerprint density at radius 1 is 1.17 bits per heavy atom. The van der Waals surface area contributed by atoms with E-state index in [-0.39, 0.29) is 24.9 Å². The molecule has 2 rings (SSSR count). The third kappa shape index (κ3) is 4.98. The molecule has 0 aliphatic rings. The van der Waals surface area contributed by atoms with Crippen LogP contribution in [0.3, 0.4) is 0 Å². The summed E-state index contributed by atoms with van der Waals surface area (Å²) in [6, 6.07) is 11.3. The zero-order chi connectivity index (χ0) is 16.8. The molecule has 0 atom stereocenters. The zero-order valence-electron chi connectivity index (χ0n) is 13.7. The number of carbonyl (C=O) groups is 2. The maximum atomic E-state index is 12.1. The maximum Gasteiger partial charge on any atom is 0.244 e. The van der Waals surface area contributed by atoms with Gasteiger partial charge in [-0.1, -0.05) is 26.0 Å². The first kappa shape index (κ1) is 16.8. The minimum atomic E-state index is -0.232. The van der Waals surface area contributed by atoms with E-state index < -0.39 is 0 Å². The van der Waals surface area contributed by atoms with Crippen LogP contribution in [-0.2, 0) is 16.1 Å². The molecule has 0 aliphatic carbocycles. The lowest BCUT2D eigenvalue weighted by Crippen LogP contribution is -2.36. The van der Waals surface area contributed by atoms with Gasteiger partial charge in [0, 0.05) is 12.6 Å². The molecule has 1 heterocycles. The van der Waals surface area contributed by atoms with Gasteiger partial charge in [-0.15, -0.1) is 0 Å². The standard InChI is InChI=1S/C18H22N2O3/c1-13(2)15-6-8-16(9-7-15)19-18(22)12-20(14(3)21)11-17-5-4-10-23-17/h4-10,13H,11-12H2,1-3H3,(H,19,22). The molecule has 122 valence electrons. The van der Waals surface area contributed by atoms with Crippen LogP contribution in [0, 0.1) is 0 Å². The number of amides is 2. The Labute approximate surface area is 136 Å². The second-order valence-corrected chi connectivity index (χ2v) is 5.78. The number of furan rings is 1. The summed E-state index contributed by atoms with van der Waals surface area (Å²) in [7, 11) is 0. The Morgan fingerprint density at radius 3 is 2.39 bits per heavy atom. The highest BCUT2D eigenvalue weighted by Gasteiger charge is 2.15. The van der Waals surface area contributed by atoms with Crippen molar-refractivity contribution in [2.45, 2.75) is 33.2 Å². The number of hydrogen-bond donors (Lipinski definition) is 1. The van der Waals surface area contributed by atoms with Gasteiger partial charge < -0.3 is 14.6 Å². The molecule has 1 aromatic carbocycles. The van der Waals surface area contributed by atoms with Crippen molar-refractivity contribution in [1.82, 2.24) is 4.90 Å². The van der Waals surface area contributed by atoms with E-state index in [0.717, 1.165) is 5.69 Å². The summed E-state index contributed by atoms with van der Waals surface area (Å²) in [5, 5.41) is 2.81. The molecule has 0 fully saturated rings. The molecule has 1 aromatic heterocycles. The Hall–Kier alpha value is -2.56. The largest absolute Gasteiger partial charge is 0.467 e. The highest BCUT2D eigenvalue weighted by molar-refractivity contribution is 5.94. The van der Waals surface area contributed by atoms with Crippen molar-refractivity contribution in [1.29, 1.82) is 0 Å². The lowest BCUT2D eigenvalue weighted by Gasteiger charge is -2.19. The molecule has 1 N–H and O–H groups in total. The summed E-state index contributed by atoms with van der Waals surface area (Å²) in [6.07, 6.45) is 1.55. The summed E-state index contributed by atoms with van der Waals surface area (Å²) < 4.78 is 5.22. The van der Waals surface area contributed by atoms with Crippen LogP contribution in [0.15, 0.2) is 47.1 Å². The predicted molar refractivity (Wildman–Crippen MR) is 89.0 cm³/mol. The highest BCUT2D eigenvalue weighted by Crippen LogP contribution is 2.17. The van der Waals surface area contributed by atoms with Crippen LogP contribution < -0.4 is 5.32 Å². The van der Waals surface area contributed by atoms with Gasteiger partial charge in [0.15, 0.2) is 0 Å². The van der Waals surface area contributed by atoms with E-state index in [1.165, 1.54) is 17.4 Å². The van der Waals surface area contributed by atoms with E-state index in [4.69, 9.17) is 4.42 Å². The van der Waals surface area contributed by atoms with E-state index in [2.05, 4.69) is 19.2 Å². The van der Waals surface area contributed by atoms with Crippen LogP contribution in [0.1, 0.15) is 38.0 Å². The third-order valence-corrected chi connectivity index (χ3v) is 3.57. The maximum absolute atomic E-state index is 12.1. The van der Waals surface area contributed by atoms with Crippen molar-refractivity contribution in [3.8, 4) is 0 Å². The van der Waals surface area contributed by atoms with Gasteiger partial charge in [-0.3, -0.25) is 9.59 Å². The Bertz CT molecular complexity index is 645. The van der Waals surface area contributed by atoms with Crippen LogP contribution in [0.5, 0.6) is 0 Å². The van der Waals surface area contributed by atoms with E-state index in [1.54, 1.807) is 18.4 Å². The topological polar surface area (TPSA) is 62.6 Å². The molecule has 2 aromatic rings. The van der Waals surface area contributed by atoms with Gasteiger partial charge >= 0.3 is 0 Å². The average Bonchev–Trinajstić information content (AvgIpc) is 3.00. The molecular formula is C18H22N2O3. The molecule has 0 radical (unpaired) electrons. The molecule has 23 heavy (non-hydrogen) atoms. The fraction of sp³-hybridized carbons (Fsp3) is 0.333. The second-order valence-electron chi connectivity index (χ2n) is 5.78. The number of hydrogen-bond acceptors (Lipinski definition) is 3. The number of carbonyl (C=O) groups excluding carboxylic acids is 2. The van der Waals surface area contributed by atoms with Crippen molar-refractivity contribution in [2.24, 2.45) is 0 Å². The van der Waals surface area contributed by atoms with E-state index >= 15 is 0 Å². The first-order chi connectivity index (χ1) is 11.0. The van der Waals surface area contributed by atoms with Gasteiger partial charge in [-0.2, -0.15) is 0 Å². The monoisotopic (exact) mass is 314 g/mol.